The summed E-state index contributed by atoms with van der Waals surface area (Å²) in [5, 5.41) is 0. The molecule has 1 nitrogen and oxygen atoms in total. The van der Waals surface area contributed by atoms with Crippen LogP contribution in [0.25, 0.3) is 0 Å². The Morgan fingerprint density at radius 1 is 1.67 bits per heavy atom. The lowest BCUT2D eigenvalue weighted by Crippen LogP contribution is -2.34. The second-order valence-corrected chi connectivity index (χ2v) is 3.31. The van der Waals surface area contributed by atoms with Crippen molar-refractivity contribution in [1.29, 1.82) is 0 Å². The van der Waals surface area contributed by atoms with Gasteiger partial charge in [0.25, 0.3) is 0 Å². The topological polar surface area (TPSA) is 26.0 Å². The molecule has 0 amide bonds. The Morgan fingerprint density at radius 3 is 2.22 bits per heavy atom. The first kappa shape index (κ1) is 8.70. The predicted octanol–water partition coefficient (Wildman–Crippen LogP) is 1.94. The molecule has 0 saturated carbocycles. The molecule has 0 radical (unpaired) electrons. The SMILES string of the molecule is C=CC(C)(N)CC(C)C. The largest absolute Gasteiger partial charge is 0.322 e. The molecule has 0 aromatic carbocycles. The molecule has 0 heterocycles. The van der Waals surface area contributed by atoms with Gasteiger partial charge in [-0.15, -0.1) is 6.58 Å². The highest BCUT2D eigenvalue weighted by Crippen LogP contribution is 2.13. The van der Waals surface area contributed by atoms with Crippen LogP contribution in [-0.4, -0.2) is 5.54 Å². The first-order chi connectivity index (χ1) is 3.98. The quantitative estimate of drug-likeness (QED) is 0.576. The van der Waals surface area contributed by atoms with Crippen LogP contribution in [0.15, 0.2) is 12.7 Å². The van der Waals surface area contributed by atoms with E-state index in [0.717, 1.165) is 6.42 Å². The highest BCUT2D eigenvalue weighted by atomic mass is 14.7. The Bertz CT molecular complexity index is 92.7. The smallest absolute Gasteiger partial charge is 0.0310 e. The van der Waals surface area contributed by atoms with Crippen LogP contribution in [0.5, 0.6) is 0 Å². The van der Waals surface area contributed by atoms with Crippen molar-refractivity contribution >= 4 is 0 Å². The molecule has 54 valence electrons. The molecule has 9 heavy (non-hydrogen) atoms. The van der Waals surface area contributed by atoms with Gasteiger partial charge in [0.15, 0.2) is 0 Å². The van der Waals surface area contributed by atoms with Gasteiger partial charge in [-0.3, -0.25) is 0 Å². The van der Waals surface area contributed by atoms with E-state index in [0.29, 0.717) is 5.92 Å². The molecule has 0 aliphatic carbocycles. The number of rotatable bonds is 3. The molecule has 0 saturated heterocycles. The van der Waals surface area contributed by atoms with E-state index in [4.69, 9.17) is 5.73 Å². The van der Waals surface area contributed by atoms with Gasteiger partial charge in [0.05, 0.1) is 0 Å². The molecule has 0 spiro atoms. The molecule has 1 heteroatoms. The van der Waals surface area contributed by atoms with Gasteiger partial charge in [0.2, 0.25) is 0 Å². The van der Waals surface area contributed by atoms with Gasteiger partial charge >= 0.3 is 0 Å². The molecule has 0 aliphatic rings. The maximum atomic E-state index is 5.80. The van der Waals surface area contributed by atoms with Gasteiger partial charge in [-0.25, -0.2) is 0 Å². The van der Waals surface area contributed by atoms with Gasteiger partial charge < -0.3 is 5.73 Å². The molecule has 0 bridgehead atoms. The molecule has 1 unspecified atom stereocenters. The van der Waals surface area contributed by atoms with E-state index in [1.807, 2.05) is 13.0 Å². The summed E-state index contributed by atoms with van der Waals surface area (Å²) in [5.41, 5.74) is 5.63. The van der Waals surface area contributed by atoms with Crippen molar-refractivity contribution in [3.8, 4) is 0 Å². The maximum absolute atomic E-state index is 5.80. The summed E-state index contributed by atoms with van der Waals surface area (Å²) in [6.45, 7) is 9.98. The molecule has 0 aliphatic heterocycles. The third-order valence-electron chi connectivity index (χ3n) is 1.31. The average molecular weight is 127 g/mol. The fraction of sp³-hybridized carbons (Fsp3) is 0.750. The summed E-state index contributed by atoms with van der Waals surface area (Å²) >= 11 is 0. The van der Waals surface area contributed by atoms with Crippen LogP contribution in [0.1, 0.15) is 27.2 Å². The van der Waals surface area contributed by atoms with E-state index in [9.17, 15) is 0 Å². The molecule has 0 fully saturated rings. The van der Waals surface area contributed by atoms with Gasteiger partial charge in [-0.2, -0.15) is 0 Å². The van der Waals surface area contributed by atoms with E-state index in [-0.39, 0.29) is 5.54 Å². The van der Waals surface area contributed by atoms with Crippen LogP contribution < -0.4 is 5.73 Å². The minimum absolute atomic E-state index is 0.172. The van der Waals surface area contributed by atoms with Crippen LogP contribution >= 0.6 is 0 Å². The predicted molar refractivity (Wildman–Crippen MR) is 42.2 cm³/mol. The van der Waals surface area contributed by atoms with Gasteiger partial charge in [-0.1, -0.05) is 19.9 Å². The van der Waals surface area contributed by atoms with Gasteiger partial charge in [-0.05, 0) is 19.3 Å². The van der Waals surface area contributed by atoms with Crippen LogP contribution in [-0.2, 0) is 0 Å². The van der Waals surface area contributed by atoms with Crippen molar-refractivity contribution < 1.29 is 0 Å². The Morgan fingerprint density at radius 2 is 2.11 bits per heavy atom. The Balaban J connectivity index is 3.71. The summed E-state index contributed by atoms with van der Waals surface area (Å²) in [6.07, 6.45) is 2.82. The van der Waals surface area contributed by atoms with Crippen molar-refractivity contribution in [3.05, 3.63) is 12.7 Å². The molecule has 2 N–H and O–H groups in total. The van der Waals surface area contributed by atoms with E-state index >= 15 is 0 Å². The maximum Gasteiger partial charge on any atom is 0.0310 e. The Hall–Kier alpha value is -0.300. The molecular weight excluding hydrogens is 110 g/mol. The first-order valence-corrected chi connectivity index (χ1v) is 3.40. The highest BCUT2D eigenvalue weighted by Gasteiger charge is 2.14. The Kier molecular flexibility index (Phi) is 2.92. The van der Waals surface area contributed by atoms with Crippen molar-refractivity contribution in [2.24, 2.45) is 11.7 Å². The van der Waals surface area contributed by atoms with E-state index in [2.05, 4.69) is 20.4 Å². The van der Waals surface area contributed by atoms with Crippen molar-refractivity contribution in [3.63, 3.8) is 0 Å². The zero-order valence-corrected chi connectivity index (χ0v) is 6.65. The summed E-state index contributed by atoms with van der Waals surface area (Å²) in [7, 11) is 0. The van der Waals surface area contributed by atoms with E-state index < -0.39 is 0 Å². The van der Waals surface area contributed by atoms with Crippen molar-refractivity contribution in [2.75, 3.05) is 0 Å². The van der Waals surface area contributed by atoms with E-state index in [1.165, 1.54) is 0 Å². The number of hydrogen-bond donors (Lipinski definition) is 1. The monoisotopic (exact) mass is 127 g/mol. The van der Waals surface area contributed by atoms with Crippen LogP contribution in [0, 0.1) is 5.92 Å². The third-order valence-corrected chi connectivity index (χ3v) is 1.31. The lowest BCUT2D eigenvalue weighted by atomic mass is 9.92. The minimum Gasteiger partial charge on any atom is -0.322 e. The zero-order chi connectivity index (χ0) is 7.49. The summed E-state index contributed by atoms with van der Waals surface area (Å²) in [5.74, 6) is 0.651. The van der Waals surface area contributed by atoms with Crippen molar-refractivity contribution in [2.45, 2.75) is 32.7 Å². The summed E-state index contributed by atoms with van der Waals surface area (Å²) in [4.78, 5) is 0. The second kappa shape index (κ2) is 3.02. The molecule has 0 aromatic heterocycles. The minimum atomic E-state index is -0.172. The van der Waals surface area contributed by atoms with Crippen LogP contribution in [0.3, 0.4) is 0 Å². The highest BCUT2D eigenvalue weighted by molar-refractivity contribution is 4.96. The van der Waals surface area contributed by atoms with Crippen LogP contribution in [0.4, 0.5) is 0 Å². The first-order valence-electron chi connectivity index (χ1n) is 3.40. The lowest BCUT2D eigenvalue weighted by molar-refractivity contribution is 0.440. The fourth-order valence-electron chi connectivity index (χ4n) is 0.963. The number of hydrogen-bond acceptors (Lipinski definition) is 1. The molecule has 0 aromatic rings. The third kappa shape index (κ3) is 4.22. The second-order valence-electron chi connectivity index (χ2n) is 3.31. The van der Waals surface area contributed by atoms with Gasteiger partial charge in [0, 0.05) is 5.54 Å². The van der Waals surface area contributed by atoms with E-state index in [1.54, 1.807) is 0 Å². The normalized spacial score (nSPS) is 17.4. The lowest BCUT2D eigenvalue weighted by Gasteiger charge is -2.21. The summed E-state index contributed by atoms with van der Waals surface area (Å²) < 4.78 is 0. The fourth-order valence-corrected chi connectivity index (χ4v) is 0.963. The average Bonchev–Trinajstić information content (AvgIpc) is 1.63. The number of nitrogens with two attached hydrogens (primary N) is 1. The van der Waals surface area contributed by atoms with Gasteiger partial charge in [0.1, 0.15) is 0 Å². The molecule has 0 rings (SSSR count). The molecular formula is C8H17N. The van der Waals surface area contributed by atoms with Crippen LogP contribution in [0.2, 0.25) is 0 Å². The Labute approximate surface area is 57.9 Å². The standard InChI is InChI=1S/C8H17N/c1-5-8(4,9)6-7(2)3/h5,7H,1,6,9H2,2-4H3. The zero-order valence-electron chi connectivity index (χ0n) is 6.65. The summed E-state index contributed by atoms with van der Waals surface area (Å²) in [6, 6.07) is 0. The van der Waals surface area contributed by atoms with Crippen molar-refractivity contribution in [1.82, 2.24) is 0 Å². The molecule has 1 atom stereocenters.